The van der Waals surface area contributed by atoms with Gasteiger partial charge in [-0.3, -0.25) is 9.59 Å². The van der Waals surface area contributed by atoms with Gasteiger partial charge in [0.05, 0.1) is 10.6 Å². The first-order chi connectivity index (χ1) is 15.1. The Kier molecular flexibility index (Phi) is 7.23. The summed E-state index contributed by atoms with van der Waals surface area (Å²) in [6.45, 7) is 4.13. The van der Waals surface area contributed by atoms with E-state index in [-0.39, 0.29) is 34.9 Å². The molecule has 0 aromatic heterocycles. The van der Waals surface area contributed by atoms with Crippen LogP contribution in [0.15, 0.2) is 47.4 Å². The Balaban J connectivity index is 1.59. The summed E-state index contributed by atoms with van der Waals surface area (Å²) < 4.78 is 25.6. The molecule has 0 bridgehead atoms. The van der Waals surface area contributed by atoms with Crippen LogP contribution >= 0.6 is 0 Å². The number of sulfone groups is 1. The van der Waals surface area contributed by atoms with E-state index in [2.05, 4.69) is 5.32 Å². The van der Waals surface area contributed by atoms with Crippen LogP contribution in [-0.2, 0) is 32.4 Å². The Labute approximate surface area is 190 Å². The molecule has 0 radical (unpaired) electrons. The van der Waals surface area contributed by atoms with E-state index in [9.17, 15) is 18.0 Å². The Morgan fingerprint density at radius 3 is 2.44 bits per heavy atom. The maximum absolute atomic E-state index is 12.8. The molecule has 2 aromatic carbocycles. The van der Waals surface area contributed by atoms with Crippen molar-refractivity contribution >= 4 is 33.0 Å². The lowest BCUT2D eigenvalue weighted by Gasteiger charge is -2.22. The van der Waals surface area contributed by atoms with Crippen LogP contribution in [0.3, 0.4) is 0 Å². The fourth-order valence-corrected chi connectivity index (χ4v) is 5.18. The molecule has 2 aromatic rings. The highest BCUT2D eigenvalue weighted by Crippen LogP contribution is 2.34. The molecule has 7 nitrogen and oxygen atoms in total. The summed E-state index contributed by atoms with van der Waals surface area (Å²) >= 11 is 0. The van der Waals surface area contributed by atoms with Crippen molar-refractivity contribution in [2.45, 2.75) is 50.6 Å². The van der Waals surface area contributed by atoms with Gasteiger partial charge in [-0.15, -0.1) is 0 Å². The number of amides is 2. The van der Waals surface area contributed by atoms with Gasteiger partial charge in [0.2, 0.25) is 11.8 Å². The van der Waals surface area contributed by atoms with Crippen LogP contribution < -0.4 is 15.1 Å². The minimum atomic E-state index is -3.61. The standard InChI is InChI=1S/C24H31N3O4S/c1-5-24(29)27-17(2)14-19-15-21(10-11-22(19)27)32(30,31)13-12-23(28)25-16-18-6-8-20(9-7-18)26(3)4/h6-11,15,17H,5,12-14,16H2,1-4H3,(H,25,28)/t17-/m0/s1. The molecule has 1 heterocycles. The van der Waals surface area contributed by atoms with Crippen LogP contribution in [0.2, 0.25) is 0 Å². The molecule has 2 amide bonds. The molecule has 1 N–H and O–H groups in total. The second-order valence-corrected chi connectivity index (χ2v) is 10.5. The molecule has 3 rings (SSSR count). The third kappa shape index (κ3) is 5.30. The van der Waals surface area contributed by atoms with E-state index in [0.29, 0.717) is 19.4 Å². The molecule has 1 aliphatic heterocycles. The predicted molar refractivity (Wildman–Crippen MR) is 127 cm³/mol. The van der Waals surface area contributed by atoms with E-state index in [1.54, 1.807) is 17.0 Å². The van der Waals surface area contributed by atoms with Crippen LogP contribution in [0, 0.1) is 0 Å². The minimum Gasteiger partial charge on any atom is -0.378 e. The van der Waals surface area contributed by atoms with Gasteiger partial charge in [-0.1, -0.05) is 19.1 Å². The molecule has 32 heavy (non-hydrogen) atoms. The van der Waals surface area contributed by atoms with Crippen molar-refractivity contribution < 1.29 is 18.0 Å². The summed E-state index contributed by atoms with van der Waals surface area (Å²) in [5.41, 5.74) is 3.65. The van der Waals surface area contributed by atoms with Crippen LogP contribution in [0.25, 0.3) is 0 Å². The van der Waals surface area contributed by atoms with Crippen molar-refractivity contribution in [3.63, 3.8) is 0 Å². The Bertz CT molecular complexity index is 1090. The lowest BCUT2D eigenvalue weighted by molar-refractivity contribution is -0.121. The summed E-state index contributed by atoms with van der Waals surface area (Å²) in [7, 11) is 0.310. The van der Waals surface area contributed by atoms with Gasteiger partial charge >= 0.3 is 0 Å². The number of hydrogen-bond donors (Lipinski definition) is 1. The van der Waals surface area contributed by atoms with E-state index in [0.717, 1.165) is 22.5 Å². The zero-order chi connectivity index (χ0) is 23.5. The van der Waals surface area contributed by atoms with E-state index in [4.69, 9.17) is 0 Å². The first kappa shape index (κ1) is 23.8. The van der Waals surface area contributed by atoms with Crippen LogP contribution in [0.5, 0.6) is 0 Å². The molecule has 1 atom stereocenters. The number of hydrogen-bond acceptors (Lipinski definition) is 5. The monoisotopic (exact) mass is 457 g/mol. The second-order valence-electron chi connectivity index (χ2n) is 8.37. The largest absolute Gasteiger partial charge is 0.378 e. The Hall–Kier alpha value is -2.87. The lowest BCUT2D eigenvalue weighted by atomic mass is 10.1. The third-order valence-corrected chi connectivity index (χ3v) is 7.45. The van der Waals surface area contributed by atoms with Gasteiger partial charge in [-0.25, -0.2) is 8.42 Å². The van der Waals surface area contributed by atoms with Crippen molar-refractivity contribution in [1.29, 1.82) is 0 Å². The second kappa shape index (κ2) is 9.73. The van der Waals surface area contributed by atoms with E-state index in [1.807, 2.05) is 57.1 Å². The van der Waals surface area contributed by atoms with Gasteiger partial charge < -0.3 is 15.1 Å². The first-order valence-corrected chi connectivity index (χ1v) is 12.5. The minimum absolute atomic E-state index is 0.00738. The maximum Gasteiger partial charge on any atom is 0.226 e. The molecule has 0 saturated carbocycles. The highest BCUT2D eigenvalue weighted by molar-refractivity contribution is 7.91. The molecule has 0 unspecified atom stereocenters. The number of rotatable bonds is 8. The molecule has 0 fully saturated rings. The van der Waals surface area contributed by atoms with Gasteiger partial charge in [0, 0.05) is 50.9 Å². The maximum atomic E-state index is 12.8. The summed E-state index contributed by atoms with van der Waals surface area (Å²) in [5.74, 6) is -0.538. The molecule has 8 heteroatoms. The lowest BCUT2D eigenvalue weighted by Crippen LogP contribution is -2.35. The topological polar surface area (TPSA) is 86.8 Å². The molecule has 0 saturated heterocycles. The van der Waals surface area contributed by atoms with Crippen LogP contribution in [-0.4, -0.2) is 46.1 Å². The van der Waals surface area contributed by atoms with Crippen LogP contribution in [0.1, 0.15) is 37.8 Å². The van der Waals surface area contributed by atoms with Crippen molar-refractivity contribution in [2.24, 2.45) is 0 Å². The van der Waals surface area contributed by atoms with Crippen molar-refractivity contribution in [1.82, 2.24) is 5.32 Å². The first-order valence-electron chi connectivity index (χ1n) is 10.8. The molecule has 0 spiro atoms. The van der Waals surface area contributed by atoms with Gasteiger partial charge in [0.25, 0.3) is 0 Å². The van der Waals surface area contributed by atoms with Crippen molar-refractivity contribution in [3.05, 3.63) is 53.6 Å². The van der Waals surface area contributed by atoms with Gasteiger partial charge in [0.15, 0.2) is 9.84 Å². The van der Waals surface area contributed by atoms with Gasteiger partial charge in [0.1, 0.15) is 0 Å². The summed E-state index contributed by atoms with van der Waals surface area (Å²) in [6.07, 6.45) is 0.919. The number of nitrogens with zero attached hydrogens (tertiary/aromatic N) is 2. The quantitative estimate of drug-likeness (QED) is 0.659. The smallest absolute Gasteiger partial charge is 0.226 e. The van der Waals surface area contributed by atoms with Crippen molar-refractivity contribution in [3.8, 4) is 0 Å². The molecular formula is C24H31N3O4S. The number of nitrogens with one attached hydrogen (secondary N) is 1. The van der Waals surface area contributed by atoms with E-state index >= 15 is 0 Å². The predicted octanol–water partition coefficient (Wildman–Crippen LogP) is 2.92. The number of fused-ring (bicyclic) bond motifs is 1. The summed E-state index contributed by atoms with van der Waals surface area (Å²) in [5, 5.41) is 2.78. The number of benzene rings is 2. The fourth-order valence-electron chi connectivity index (χ4n) is 3.90. The SMILES string of the molecule is CCC(=O)N1c2ccc(S(=O)(=O)CCC(=O)NCc3ccc(N(C)C)cc3)cc2C[C@@H]1C. The Morgan fingerprint density at radius 2 is 1.81 bits per heavy atom. The highest BCUT2D eigenvalue weighted by Gasteiger charge is 2.31. The number of carbonyl (C=O) groups is 2. The van der Waals surface area contributed by atoms with Crippen LogP contribution in [0.4, 0.5) is 11.4 Å². The normalized spacial score (nSPS) is 15.4. The summed E-state index contributed by atoms with van der Waals surface area (Å²) in [6, 6.07) is 12.7. The van der Waals surface area contributed by atoms with Gasteiger partial charge in [-0.05, 0) is 54.8 Å². The third-order valence-electron chi connectivity index (χ3n) is 5.74. The summed E-state index contributed by atoms with van der Waals surface area (Å²) in [4.78, 5) is 28.4. The van der Waals surface area contributed by atoms with Crippen molar-refractivity contribution in [2.75, 3.05) is 29.6 Å². The molecular weight excluding hydrogens is 426 g/mol. The molecule has 1 aliphatic rings. The fraction of sp³-hybridized carbons (Fsp3) is 0.417. The Morgan fingerprint density at radius 1 is 1.12 bits per heavy atom. The zero-order valence-electron chi connectivity index (χ0n) is 19.1. The highest BCUT2D eigenvalue weighted by atomic mass is 32.2. The molecule has 172 valence electrons. The number of anilines is 2. The number of carbonyl (C=O) groups excluding carboxylic acids is 2. The van der Waals surface area contributed by atoms with E-state index in [1.165, 1.54) is 6.07 Å². The zero-order valence-corrected chi connectivity index (χ0v) is 19.9. The molecule has 0 aliphatic carbocycles. The average molecular weight is 458 g/mol. The van der Waals surface area contributed by atoms with E-state index < -0.39 is 9.84 Å². The van der Waals surface area contributed by atoms with Gasteiger partial charge in [-0.2, -0.15) is 0 Å². The average Bonchev–Trinajstić information content (AvgIpc) is 3.11.